The molecule has 1 aliphatic rings. The molecule has 1 aliphatic carbocycles. The quantitative estimate of drug-likeness (QED) is 0.201. The van der Waals surface area contributed by atoms with Crippen molar-refractivity contribution >= 4 is 22.7 Å². The summed E-state index contributed by atoms with van der Waals surface area (Å²) < 4.78 is 0. The average molecular weight is 517 g/mol. The summed E-state index contributed by atoms with van der Waals surface area (Å²) in [4.78, 5) is 29.5. The first-order chi connectivity index (χ1) is 18.4. The highest BCUT2D eigenvalue weighted by atomic mass is 16.4. The lowest BCUT2D eigenvalue weighted by atomic mass is 9.84. The summed E-state index contributed by atoms with van der Waals surface area (Å²) in [5, 5.41) is 22.0. The van der Waals surface area contributed by atoms with Crippen molar-refractivity contribution in [1.29, 1.82) is 0 Å². The maximum absolute atomic E-state index is 12.8. The van der Waals surface area contributed by atoms with E-state index in [-0.39, 0.29) is 5.56 Å². The van der Waals surface area contributed by atoms with Crippen molar-refractivity contribution in [2.24, 2.45) is 0 Å². The molecule has 0 radical (unpaired) electrons. The van der Waals surface area contributed by atoms with E-state index in [2.05, 4.69) is 37.5 Å². The molecular weight excluding hydrogens is 476 g/mol. The van der Waals surface area contributed by atoms with Gasteiger partial charge in [0.2, 0.25) is 0 Å². The van der Waals surface area contributed by atoms with Crippen molar-refractivity contribution in [3.8, 4) is 22.3 Å². The number of carbonyl (C=O) groups is 2. The van der Waals surface area contributed by atoms with Gasteiger partial charge in [0.1, 0.15) is 0 Å². The van der Waals surface area contributed by atoms with E-state index in [1.54, 1.807) is 12.1 Å². The molecule has 0 aromatic heterocycles. The first-order valence-electron chi connectivity index (χ1n) is 14.0. The minimum Gasteiger partial charge on any atom is -0.478 e. The van der Waals surface area contributed by atoms with Gasteiger partial charge < -0.3 is 20.0 Å². The molecule has 2 N–H and O–H groups in total. The Morgan fingerprint density at radius 1 is 0.711 bits per heavy atom. The zero-order chi connectivity index (χ0) is 27.4. The van der Waals surface area contributed by atoms with E-state index in [0.29, 0.717) is 12.0 Å². The van der Waals surface area contributed by atoms with E-state index >= 15 is 0 Å². The predicted octanol–water partition coefficient (Wildman–Crippen LogP) is 6.43. The number of nitrogens with zero attached hydrogens (tertiary/aromatic N) is 2. The fourth-order valence-corrected chi connectivity index (χ4v) is 6.12. The summed E-state index contributed by atoms with van der Waals surface area (Å²) in [5.41, 5.74) is 6.59. The van der Waals surface area contributed by atoms with Gasteiger partial charge in [-0.15, -0.1) is 0 Å². The van der Waals surface area contributed by atoms with Crippen LogP contribution in [0, 0.1) is 0 Å². The Balaban J connectivity index is 1.93. The number of rotatable bonds is 14. The summed E-state index contributed by atoms with van der Waals surface area (Å²) in [6.45, 7) is 14.4. The van der Waals surface area contributed by atoms with Crippen LogP contribution < -0.4 is 0 Å². The molecule has 0 unspecified atom stereocenters. The van der Waals surface area contributed by atoms with Crippen molar-refractivity contribution in [2.45, 2.75) is 53.4 Å². The molecule has 0 amide bonds. The summed E-state index contributed by atoms with van der Waals surface area (Å²) in [6, 6.07) is 11.2. The third kappa shape index (κ3) is 5.20. The van der Waals surface area contributed by atoms with E-state index in [9.17, 15) is 19.8 Å². The van der Waals surface area contributed by atoms with Gasteiger partial charge in [0.25, 0.3) is 0 Å². The van der Waals surface area contributed by atoms with Crippen LogP contribution in [0.3, 0.4) is 0 Å². The predicted molar refractivity (Wildman–Crippen MR) is 155 cm³/mol. The van der Waals surface area contributed by atoms with Crippen LogP contribution in [0.2, 0.25) is 0 Å². The Morgan fingerprint density at radius 2 is 1.32 bits per heavy atom. The first-order valence-corrected chi connectivity index (χ1v) is 14.0. The molecule has 0 fully saturated rings. The maximum Gasteiger partial charge on any atom is 0.336 e. The Labute approximate surface area is 225 Å². The van der Waals surface area contributed by atoms with E-state index in [4.69, 9.17) is 0 Å². The second-order valence-corrected chi connectivity index (χ2v) is 10.1. The van der Waals surface area contributed by atoms with Gasteiger partial charge in [-0.25, -0.2) is 9.59 Å². The average Bonchev–Trinajstić information content (AvgIpc) is 3.25. The number of fused-ring (bicyclic) bond motifs is 3. The molecule has 0 bridgehead atoms. The minimum atomic E-state index is -0.954. The molecular formula is C32H40N2O4. The lowest BCUT2D eigenvalue weighted by Gasteiger charge is -2.23. The van der Waals surface area contributed by atoms with Gasteiger partial charge in [0, 0.05) is 0 Å². The second-order valence-electron chi connectivity index (χ2n) is 10.1. The van der Waals surface area contributed by atoms with E-state index in [1.165, 1.54) is 0 Å². The molecule has 3 aromatic rings. The number of aromatic carboxylic acids is 2. The molecule has 6 heteroatoms. The van der Waals surface area contributed by atoms with Crippen LogP contribution in [0.1, 0.15) is 72.4 Å². The largest absolute Gasteiger partial charge is 0.478 e. The third-order valence-corrected chi connectivity index (χ3v) is 8.18. The van der Waals surface area contributed by atoms with Crippen LogP contribution in [0.15, 0.2) is 36.4 Å². The highest BCUT2D eigenvalue weighted by Crippen LogP contribution is 2.51. The smallest absolute Gasteiger partial charge is 0.336 e. The molecule has 3 aromatic carbocycles. The second kappa shape index (κ2) is 12.1. The lowest BCUT2D eigenvalue weighted by molar-refractivity contribution is 0.0686. The highest BCUT2D eigenvalue weighted by molar-refractivity contribution is 6.21. The summed E-state index contributed by atoms with van der Waals surface area (Å²) in [5.74, 6) is -1.84. The fraction of sp³-hybridized carbons (Fsp3) is 0.438. The van der Waals surface area contributed by atoms with Gasteiger partial charge in [0.05, 0.1) is 11.1 Å². The third-order valence-electron chi connectivity index (χ3n) is 8.18. The van der Waals surface area contributed by atoms with Gasteiger partial charge >= 0.3 is 11.9 Å². The van der Waals surface area contributed by atoms with E-state index in [1.807, 2.05) is 24.3 Å². The molecule has 38 heavy (non-hydrogen) atoms. The van der Waals surface area contributed by atoms with Gasteiger partial charge in [0.15, 0.2) is 0 Å². The molecule has 6 nitrogen and oxygen atoms in total. The van der Waals surface area contributed by atoms with Crippen LogP contribution in [-0.2, 0) is 12.8 Å². The minimum absolute atomic E-state index is 0.254. The Morgan fingerprint density at radius 3 is 1.87 bits per heavy atom. The lowest BCUT2D eigenvalue weighted by Crippen LogP contribution is -2.25. The Kier molecular flexibility index (Phi) is 8.85. The molecule has 4 rings (SSSR count). The van der Waals surface area contributed by atoms with Crippen molar-refractivity contribution in [3.63, 3.8) is 0 Å². The number of benzene rings is 3. The van der Waals surface area contributed by atoms with Crippen molar-refractivity contribution in [2.75, 3.05) is 39.3 Å². The zero-order valence-corrected chi connectivity index (χ0v) is 23.1. The van der Waals surface area contributed by atoms with Gasteiger partial charge in [-0.05, 0) is 121 Å². The van der Waals surface area contributed by atoms with Crippen LogP contribution >= 0.6 is 0 Å². The zero-order valence-electron chi connectivity index (χ0n) is 23.1. The summed E-state index contributed by atoms with van der Waals surface area (Å²) in [6.07, 6.45) is 3.23. The number of carboxylic acid groups (broad SMARTS) is 2. The fourth-order valence-electron chi connectivity index (χ4n) is 6.12. The molecule has 0 aliphatic heterocycles. The molecule has 0 saturated carbocycles. The SMILES string of the molecule is CCN(CC)CCCc1c(CCCN(CC)CC)c2c3c(cccc3c1C(=O)O)-c1ccc(C(=O)O)cc1-2. The number of hydrogen-bond donors (Lipinski definition) is 2. The van der Waals surface area contributed by atoms with Gasteiger partial charge in [-0.2, -0.15) is 0 Å². The molecule has 0 saturated heterocycles. The van der Waals surface area contributed by atoms with Gasteiger partial charge in [-0.1, -0.05) is 52.0 Å². The molecule has 202 valence electrons. The molecule has 0 heterocycles. The van der Waals surface area contributed by atoms with Crippen LogP contribution in [0.4, 0.5) is 0 Å². The van der Waals surface area contributed by atoms with Crippen molar-refractivity contribution < 1.29 is 19.8 Å². The van der Waals surface area contributed by atoms with Crippen molar-refractivity contribution in [3.05, 3.63) is 58.7 Å². The normalized spacial score (nSPS) is 12.1. The molecule has 0 atom stereocenters. The topological polar surface area (TPSA) is 81.1 Å². The van der Waals surface area contributed by atoms with Crippen LogP contribution in [0.25, 0.3) is 33.0 Å². The monoisotopic (exact) mass is 516 g/mol. The van der Waals surface area contributed by atoms with E-state index in [0.717, 1.165) is 103 Å². The molecule has 0 spiro atoms. The number of carboxylic acids is 2. The highest BCUT2D eigenvalue weighted by Gasteiger charge is 2.31. The Hall–Kier alpha value is -3.22. The summed E-state index contributed by atoms with van der Waals surface area (Å²) in [7, 11) is 0. The van der Waals surface area contributed by atoms with Gasteiger partial charge in [-0.3, -0.25) is 0 Å². The summed E-state index contributed by atoms with van der Waals surface area (Å²) >= 11 is 0. The van der Waals surface area contributed by atoms with Crippen LogP contribution in [0.5, 0.6) is 0 Å². The van der Waals surface area contributed by atoms with Crippen LogP contribution in [-0.4, -0.2) is 71.2 Å². The van der Waals surface area contributed by atoms with Crippen molar-refractivity contribution in [1.82, 2.24) is 9.80 Å². The Bertz CT molecular complexity index is 1340. The standard InChI is InChI=1S/C32H40N2O4/c1-5-33(6-2)18-10-14-24-25(15-11-19-34(7-3)8-4)30(32(37)38)26-13-9-12-23-22-17-16-21(31(35)36)20-27(22)29(24)28(23)26/h9,12-13,16-17,20H,5-8,10-11,14-15,18-19H2,1-4H3,(H,35,36)(H,37,38). The number of hydrogen-bond acceptors (Lipinski definition) is 4. The maximum atomic E-state index is 12.8. The first kappa shape index (κ1) is 27.8. The van der Waals surface area contributed by atoms with E-state index < -0.39 is 11.9 Å².